The molecule has 3 heterocycles. The molecule has 9 nitrogen and oxygen atoms in total. The van der Waals surface area contributed by atoms with E-state index in [-0.39, 0.29) is 24.9 Å². The number of carbonyl (C=O) groups excluding carboxylic acids is 2. The number of amides is 1. The minimum Gasteiger partial charge on any atom is -0.462 e. The van der Waals surface area contributed by atoms with Gasteiger partial charge in [-0.05, 0) is 45.9 Å². The van der Waals surface area contributed by atoms with Gasteiger partial charge in [-0.15, -0.1) is 0 Å². The fourth-order valence-corrected chi connectivity index (χ4v) is 3.37. The number of hydrogen-bond acceptors (Lipinski definition) is 7. The van der Waals surface area contributed by atoms with Gasteiger partial charge in [0, 0.05) is 47.5 Å². The summed E-state index contributed by atoms with van der Waals surface area (Å²) in [6.45, 7) is 8.62. The van der Waals surface area contributed by atoms with Gasteiger partial charge < -0.3 is 19.1 Å². The summed E-state index contributed by atoms with van der Waals surface area (Å²) in [5, 5.41) is 6.61. The number of aromatic nitrogens is 4. The van der Waals surface area contributed by atoms with Crippen molar-refractivity contribution in [3.8, 4) is 11.4 Å². The molecule has 0 saturated carbocycles. The summed E-state index contributed by atoms with van der Waals surface area (Å²) >= 11 is 0. The van der Waals surface area contributed by atoms with E-state index in [4.69, 9.17) is 9.26 Å². The Bertz CT molecular complexity index is 1100. The SMILES string of the molecule is CCOC(=O)c1c(/C=C/C(=O)NCc2nc(-c3ccncc3)no2)c(C)n(CC)c1C. The third-order valence-electron chi connectivity index (χ3n) is 4.85. The fraction of sp³-hybridized carbons (Fsp3) is 0.318. The Kier molecular flexibility index (Phi) is 6.96. The zero-order valence-electron chi connectivity index (χ0n) is 18.0. The largest absolute Gasteiger partial charge is 0.462 e. The van der Waals surface area contributed by atoms with Crippen molar-refractivity contribution in [2.24, 2.45) is 0 Å². The molecule has 0 aliphatic rings. The van der Waals surface area contributed by atoms with E-state index in [9.17, 15) is 9.59 Å². The van der Waals surface area contributed by atoms with Crippen LogP contribution in [-0.2, 0) is 22.6 Å². The normalized spacial score (nSPS) is 11.1. The molecule has 0 fully saturated rings. The van der Waals surface area contributed by atoms with E-state index in [0.717, 1.165) is 17.0 Å². The van der Waals surface area contributed by atoms with E-state index in [2.05, 4.69) is 20.4 Å². The van der Waals surface area contributed by atoms with Crippen molar-refractivity contribution in [3.63, 3.8) is 0 Å². The molecule has 3 rings (SSSR count). The Morgan fingerprint density at radius 3 is 2.61 bits per heavy atom. The summed E-state index contributed by atoms with van der Waals surface area (Å²) in [5.74, 6) is -0.0390. The quantitative estimate of drug-likeness (QED) is 0.438. The van der Waals surface area contributed by atoms with Crippen molar-refractivity contribution in [2.45, 2.75) is 40.8 Å². The topological polar surface area (TPSA) is 112 Å². The molecular formula is C22H25N5O4. The molecule has 3 aromatic heterocycles. The summed E-state index contributed by atoms with van der Waals surface area (Å²) in [6.07, 6.45) is 6.28. The number of carbonyl (C=O) groups is 2. The van der Waals surface area contributed by atoms with Crippen LogP contribution in [-0.4, -0.2) is 38.2 Å². The van der Waals surface area contributed by atoms with Gasteiger partial charge in [-0.25, -0.2) is 4.79 Å². The maximum atomic E-state index is 12.4. The molecule has 0 aliphatic carbocycles. The van der Waals surface area contributed by atoms with Crippen molar-refractivity contribution in [2.75, 3.05) is 6.61 Å². The lowest BCUT2D eigenvalue weighted by Gasteiger charge is -2.05. The van der Waals surface area contributed by atoms with Gasteiger partial charge in [0.05, 0.1) is 18.7 Å². The van der Waals surface area contributed by atoms with Crippen LogP contribution in [0.4, 0.5) is 0 Å². The van der Waals surface area contributed by atoms with Crippen LogP contribution in [0.5, 0.6) is 0 Å². The number of esters is 1. The van der Waals surface area contributed by atoms with E-state index in [1.165, 1.54) is 6.08 Å². The highest BCUT2D eigenvalue weighted by Gasteiger charge is 2.22. The molecule has 31 heavy (non-hydrogen) atoms. The lowest BCUT2D eigenvalue weighted by Crippen LogP contribution is -2.20. The lowest BCUT2D eigenvalue weighted by molar-refractivity contribution is -0.116. The molecule has 0 saturated heterocycles. The van der Waals surface area contributed by atoms with Crippen LogP contribution in [0.1, 0.15) is 47.0 Å². The van der Waals surface area contributed by atoms with Crippen LogP contribution < -0.4 is 5.32 Å². The van der Waals surface area contributed by atoms with Crippen LogP contribution in [0.25, 0.3) is 17.5 Å². The smallest absolute Gasteiger partial charge is 0.340 e. The molecule has 1 N–H and O–H groups in total. The van der Waals surface area contributed by atoms with E-state index in [1.807, 2.05) is 25.3 Å². The molecule has 0 atom stereocenters. The minimum atomic E-state index is -0.398. The highest BCUT2D eigenvalue weighted by molar-refractivity contribution is 5.98. The molecule has 162 valence electrons. The highest BCUT2D eigenvalue weighted by Crippen LogP contribution is 2.25. The van der Waals surface area contributed by atoms with Gasteiger partial charge in [0.2, 0.25) is 17.6 Å². The van der Waals surface area contributed by atoms with Gasteiger partial charge in [0.1, 0.15) is 0 Å². The minimum absolute atomic E-state index is 0.0833. The Morgan fingerprint density at radius 1 is 1.19 bits per heavy atom. The second-order valence-corrected chi connectivity index (χ2v) is 6.72. The van der Waals surface area contributed by atoms with Gasteiger partial charge in [-0.3, -0.25) is 9.78 Å². The van der Waals surface area contributed by atoms with Gasteiger partial charge in [-0.1, -0.05) is 5.16 Å². The summed E-state index contributed by atoms with van der Waals surface area (Å²) in [7, 11) is 0. The number of hydrogen-bond donors (Lipinski definition) is 1. The fourth-order valence-electron chi connectivity index (χ4n) is 3.37. The predicted molar refractivity (Wildman–Crippen MR) is 114 cm³/mol. The summed E-state index contributed by atoms with van der Waals surface area (Å²) < 4.78 is 12.4. The first-order chi connectivity index (χ1) is 15.0. The molecule has 3 aromatic rings. The third-order valence-corrected chi connectivity index (χ3v) is 4.85. The van der Waals surface area contributed by atoms with Crippen molar-refractivity contribution in [1.29, 1.82) is 0 Å². The molecule has 1 amide bonds. The second-order valence-electron chi connectivity index (χ2n) is 6.72. The molecule has 9 heteroatoms. The van der Waals surface area contributed by atoms with Crippen molar-refractivity contribution < 1.29 is 18.8 Å². The molecule has 0 aromatic carbocycles. The van der Waals surface area contributed by atoms with Gasteiger partial charge >= 0.3 is 5.97 Å². The van der Waals surface area contributed by atoms with Gasteiger partial charge in [0.15, 0.2) is 0 Å². The van der Waals surface area contributed by atoms with Crippen LogP contribution in [0.15, 0.2) is 35.1 Å². The molecule has 0 unspecified atom stereocenters. The Hall–Kier alpha value is -3.75. The third kappa shape index (κ3) is 4.88. The predicted octanol–water partition coefficient (Wildman–Crippen LogP) is 3.08. The monoisotopic (exact) mass is 423 g/mol. The van der Waals surface area contributed by atoms with Crippen molar-refractivity contribution in [3.05, 3.63) is 59.0 Å². The molecule has 0 aliphatic heterocycles. The molecular weight excluding hydrogens is 398 g/mol. The van der Waals surface area contributed by atoms with Crippen molar-refractivity contribution >= 4 is 18.0 Å². The molecule has 0 bridgehead atoms. The first-order valence-electron chi connectivity index (χ1n) is 10.0. The zero-order valence-corrected chi connectivity index (χ0v) is 18.0. The van der Waals surface area contributed by atoms with E-state index in [0.29, 0.717) is 23.5 Å². The van der Waals surface area contributed by atoms with E-state index in [1.54, 1.807) is 37.5 Å². The second kappa shape index (κ2) is 9.84. The number of pyridine rings is 1. The number of rotatable bonds is 8. The average molecular weight is 423 g/mol. The van der Waals surface area contributed by atoms with Crippen LogP contribution in [0.3, 0.4) is 0 Å². The Balaban J connectivity index is 1.70. The van der Waals surface area contributed by atoms with Gasteiger partial charge in [-0.2, -0.15) is 4.98 Å². The van der Waals surface area contributed by atoms with Crippen LogP contribution in [0.2, 0.25) is 0 Å². The van der Waals surface area contributed by atoms with E-state index >= 15 is 0 Å². The maximum Gasteiger partial charge on any atom is 0.340 e. The Morgan fingerprint density at radius 2 is 1.94 bits per heavy atom. The highest BCUT2D eigenvalue weighted by atomic mass is 16.5. The maximum absolute atomic E-state index is 12.4. The Labute approximate surface area is 180 Å². The molecule has 0 radical (unpaired) electrons. The van der Waals surface area contributed by atoms with Gasteiger partial charge in [0.25, 0.3) is 0 Å². The number of nitrogens with zero attached hydrogens (tertiary/aromatic N) is 4. The van der Waals surface area contributed by atoms with Crippen molar-refractivity contribution in [1.82, 2.24) is 25.0 Å². The number of nitrogens with one attached hydrogen (secondary N) is 1. The summed E-state index contributed by atoms with van der Waals surface area (Å²) in [6, 6.07) is 3.54. The molecule has 0 spiro atoms. The lowest BCUT2D eigenvalue weighted by atomic mass is 10.1. The number of ether oxygens (including phenoxy) is 1. The first-order valence-corrected chi connectivity index (χ1v) is 10.0. The summed E-state index contributed by atoms with van der Waals surface area (Å²) in [4.78, 5) is 33.0. The summed E-state index contributed by atoms with van der Waals surface area (Å²) in [5.41, 5.74) is 3.63. The zero-order chi connectivity index (χ0) is 22.4. The standard InChI is InChI=1S/C22H25N5O4/c1-5-27-14(3)17(20(15(27)4)22(29)30-6-2)7-8-18(28)24-13-19-25-21(26-31-19)16-9-11-23-12-10-16/h7-12H,5-6,13H2,1-4H3,(H,24,28)/b8-7+. The first kappa shape index (κ1) is 21.9. The van der Waals surface area contributed by atoms with E-state index < -0.39 is 5.97 Å². The van der Waals surface area contributed by atoms with Crippen LogP contribution in [0, 0.1) is 13.8 Å². The van der Waals surface area contributed by atoms with Crippen LogP contribution >= 0.6 is 0 Å². The average Bonchev–Trinajstić information content (AvgIpc) is 3.33.